The summed E-state index contributed by atoms with van der Waals surface area (Å²) in [7, 11) is 0. The maximum Gasteiger partial charge on any atom is 0.0951 e. The van der Waals surface area contributed by atoms with Crippen LogP contribution < -0.4 is 0 Å². The molecule has 0 amide bonds. The molecule has 18 heavy (non-hydrogen) atoms. The van der Waals surface area contributed by atoms with Gasteiger partial charge >= 0.3 is 0 Å². The first-order valence-electron chi connectivity index (χ1n) is 5.91. The van der Waals surface area contributed by atoms with Gasteiger partial charge in [0.1, 0.15) is 0 Å². The van der Waals surface area contributed by atoms with E-state index in [1.165, 1.54) is 21.9 Å². The third-order valence-corrected chi connectivity index (χ3v) is 3.68. The van der Waals surface area contributed by atoms with E-state index in [-0.39, 0.29) is 20.4 Å². The van der Waals surface area contributed by atoms with E-state index >= 15 is 0 Å². The first kappa shape index (κ1) is 11.7. The third-order valence-electron chi connectivity index (χ3n) is 3.68. The standard InChI is InChI=1S/C15H12N2.Pd/c1-3-11-4-2-6-13-14(17-8-7-16-10-17)9-12(5-1)15(11)13;/h1-8,10,14H,9H2;. The zero-order chi connectivity index (χ0) is 11.2. The van der Waals surface area contributed by atoms with Crippen molar-refractivity contribution in [1.82, 2.24) is 9.55 Å². The van der Waals surface area contributed by atoms with E-state index < -0.39 is 0 Å². The molecule has 0 saturated heterocycles. The largest absolute Gasteiger partial charge is 0.330 e. The minimum absolute atomic E-state index is 0. The molecular weight excluding hydrogens is 315 g/mol. The Morgan fingerprint density at radius 2 is 1.94 bits per heavy atom. The monoisotopic (exact) mass is 326 g/mol. The second kappa shape index (κ2) is 4.35. The summed E-state index contributed by atoms with van der Waals surface area (Å²) in [6.07, 6.45) is 6.89. The molecule has 1 aliphatic carbocycles. The van der Waals surface area contributed by atoms with Crippen LogP contribution in [0.3, 0.4) is 0 Å². The summed E-state index contributed by atoms with van der Waals surface area (Å²) in [6, 6.07) is 13.6. The number of rotatable bonds is 1. The van der Waals surface area contributed by atoms with Gasteiger partial charge in [0.2, 0.25) is 0 Å². The molecular formula is C15H12N2Pd. The second-order valence-corrected chi connectivity index (χ2v) is 4.59. The van der Waals surface area contributed by atoms with E-state index in [4.69, 9.17) is 0 Å². The van der Waals surface area contributed by atoms with Crippen LogP contribution in [0.1, 0.15) is 17.2 Å². The molecule has 0 fully saturated rings. The molecule has 1 aromatic heterocycles. The van der Waals surface area contributed by atoms with Gasteiger partial charge < -0.3 is 4.57 Å². The fraction of sp³-hybridized carbons (Fsp3) is 0.133. The Morgan fingerprint density at radius 1 is 1.11 bits per heavy atom. The average molecular weight is 327 g/mol. The van der Waals surface area contributed by atoms with Gasteiger partial charge in [-0.1, -0.05) is 36.4 Å². The quantitative estimate of drug-likeness (QED) is 0.628. The van der Waals surface area contributed by atoms with Gasteiger partial charge in [0, 0.05) is 32.8 Å². The predicted molar refractivity (Wildman–Crippen MR) is 68.0 cm³/mol. The summed E-state index contributed by atoms with van der Waals surface area (Å²) in [5.41, 5.74) is 2.88. The van der Waals surface area contributed by atoms with Crippen LogP contribution in [0.2, 0.25) is 0 Å². The predicted octanol–water partition coefficient (Wildman–Crippen LogP) is 3.18. The van der Waals surface area contributed by atoms with Gasteiger partial charge in [-0.25, -0.2) is 4.98 Å². The van der Waals surface area contributed by atoms with Crippen molar-refractivity contribution in [3.05, 3.63) is 66.2 Å². The number of nitrogens with zero attached hydrogens (tertiary/aromatic N) is 2. The van der Waals surface area contributed by atoms with E-state index in [0.29, 0.717) is 6.04 Å². The van der Waals surface area contributed by atoms with E-state index in [1.807, 2.05) is 12.5 Å². The van der Waals surface area contributed by atoms with Crippen molar-refractivity contribution in [3.8, 4) is 0 Å². The smallest absolute Gasteiger partial charge is 0.0951 e. The van der Waals surface area contributed by atoms with Gasteiger partial charge in [-0.05, 0) is 28.3 Å². The molecule has 2 aromatic carbocycles. The topological polar surface area (TPSA) is 17.8 Å². The van der Waals surface area contributed by atoms with Crippen LogP contribution in [0.25, 0.3) is 10.8 Å². The summed E-state index contributed by atoms with van der Waals surface area (Å²) in [5, 5.41) is 2.79. The Bertz CT molecular complexity index is 684. The molecule has 92 valence electrons. The number of hydrogen-bond donors (Lipinski definition) is 0. The molecule has 1 aliphatic rings. The van der Waals surface area contributed by atoms with Crippen molar-refractivity contribution in [2.45, 2.75) is 12.5 Å². The van der Waals surface area contributed by atoms with Crippen molar-refractivity contribution < 1.29 is 20.4 Å². The van der Waals surface area contributed by atoms with Crippen LogP contribution in [-0.4, -0.2) is 9.55 Å². The minimum Gasteiger partial charge on any atom is -0.330 e. The summed E-state index contributed by atoms with van der Waals surface area (Å²) in [6.45, 7) is 0. The van der Waals surface area contributed by atoms with Crippen LogP contribution in [0.5, 0.6) is 0 Å². The van der Waals surface area contributed by atoms with Gasteiger partial charge in [0.25, 0.3) is 0 Å². The van der Waals surface area contributed by atoms with Crippen molar-refractivity contribution >= 4 is 10.8 Å². The zero-order valence-corrected chi connectivity index (χ0v) is 11.2. The van der Waals surface area contributed by atoms with Gasteiger partial charge in [0.15, 0.2) is 0 Å². The number of aromatic nitrogens is 2. The first-order valence-corrected chi connectivity index (χ1v) is 5.91. The molecule has 4 rings (SSSR count). The number of hydrogen-bond acceptors (Lipinski definition) is 1. The van der Waals surface area contributed by atoms with Crippen LogP contribution in [0, 0.1) is 0 Å². The van der Waals surface area contributed by atoms with Gasteiger partial charge in [-0.2, -0.15) is 0 Å². The minimum atomic E-state index is 0. The summed E-state index contributed by atoms with van der Waals surface area (Å²) in [4.78, 5) is 4.16. The van der Waals surface area contributed by atoms with Crippen molar-refractivity contribution in [2.24, 2.45) is 0 Å². The maximum absolute atomic E-state index is 4.16. The Balaban J connectivity index is 0.000001000. The molecule has 1 heterocycles. The van der Waals surface area contributed by atoms with Crippen LogP contribution in [0.4, 0.5) is 0 Å². The SMILES string of the molecule is [Pd].c1cc2c3c(cccc3c1)C(n1ccnc1)C2. The van der Waals surface area contributed by atoms with Gasteiger partial charge in [-0.15, -0.1) is 0 Å². The maximum atomic E-state index is 4.16. The normalized spacial score (nSPS) is 16.8. The Labute approximate surface area is 119 Å². The molecule has 3 heteroatoms. The van der Waals surface area contributed by atoms with Gasteiger partial charge in [0.05, 0.1) is 12.4 Å². The average Bonchev–Trinajstić information content (AvgIpc) is 2.98. The molecule has 0 aliphatic heterocycles. The Kier molecular flexibility index (Phi) is 2.82. The molecule has 0 bridgehead atoms. The number of imidazole rings is 1. The third kappa shape index (κ3) is 1.55. The fourth-order valence-corrected chi connectivity index (χ4v) is 2.94. The van der Waals surface area contributed by atoms with Crippen molar-refractivity contribution in [3.63, 3.8) is 0 Å². The molecule has 0 N–H and O–H groups in total. The molecule has 1 unspecified atom stereocenters. The molecule has 1 atom stereocenters. The van der Waals surface area contributed by atoms with E-state index in [2.05, 4.69) is 52.1 Å². The number of benzene rings is 2. The fourth-order valence-electron chi connectivity index (χ4n) is 2.94. The Morgan fingerprint density at radius 3 is 2.72 bits per heavy atom. The van der Waals surface area contributed by atoms with Crippen LogP contribution in [-0.2, 0) is 26.8 Å². The van der Waals surface area contributed by atoms with Crippen molar-refractivity contribution in [1.29, 1.82) is 0 Å². The molecule has 0 radical (unpaired) electrons. The zero-order valence-electron chi connectivity index (χ0n) is 9.69. The Hall–Kier alpha value is -1.43. The van der Waals surface area contributed by atoms with Crippen molar-refractivity contribution in [2.75, 3.05) is 0 Å². The summed E-state index contributed by atoms with van der Waals surface area (Å²) < 4.78 is 2.20. The molecule has 3 aromatic rings. The molecule has 0 saturated carbocycles. The van der Waals surface area contributed by atoms with Gasteiger partial charge in [-0.3, -0.25) is 0 Å². The van der Waals surface area contributed by atoms with E-state index in [1.54, 1.807) is 0 Å². The van der Waals surface area contributed by atoms with Crippen LogP contribution in [0.15, 0.2) is 55.1 Å². The second-order valence-electron chi connectivity index (χ2n) is 4.59. The first-order chi connectivity index (χ1) is 8.43. The summed E-state index contributed by atoms with van der Waals surface area (Å²) >= 11 is 0. The van der Waals surface area contributed by atoms with E-state index in [0.717, 1.165) is 6.42 Å². The van der Waals surface area contributed by atoms with Crippen LogP contribution >= 0.6 is 0 Å². The van der Waals surface area contributed by atoms with E-state index in [9.17, 15) is 0 Å². The molecule has 0 spiro atoms. The summed E-state index contributed by atoms with van der Waals surface area (Å²) in [5.74, 6) is 0. The molecule has 2 nitrogen and oxygen atoms in total.